The maximum Gasteiger partial charge on any atom is 0.410 e. The molecule has 106 valence electrons. The van der Waals surface area contributed by atoms with Crippen LogP contribution in [0.1, 0.15) is 48.0 Å². The second-order valence-electron chi connectivity index (χ2n) is 5.93. The molecule has 5 nitrogen and oxygen atoms in total. The summed E-state index contributed by atoms with van der Waals surface area (Å²) in [4.78, 5) is 24.2. The van der Waals surface area contributed by atoms with Crippen LogP contribution in [-0.2, 0) is 9.53 Å². The summed E-state index contributed by atoms with van der Waals surface area (Å²) < 4.78 is 5.31. The first-order valence-corrected chi connectivity index (χ1v) is 6.24. The van der Waals surface area contributed by atoms with Crippen LogP contribution in [0, 0.1) is 5.92 Å². The molecular formula is C13H25NO4. The summed E-state index contributed by atoms with van der Waals surface area (Å²) in [5, 5.41) is 8.73. The third-order valence-corrected chi connectivity index (χ3v) is 2.28. The van der Waals surface area contributed by atoms with Crippen molar-refractivity contribution in [2.24, 2.45) is 5.92 Å². The third-order valence-electron chi connectivity index (χ3n) is 2.28. The van der Waals surface area contributed by atoms with E-state index in [-0.39, 0.29) is 18.4 Å². The maximum atomic E-state index is 12.0. The van der Waals surface area contributed by atoms with Crippen molar-refractivity contribution >= 4 is 12.1 Å². The van der Waals surface area contributed by atoms with Crippen LogP contribution in [0.4, 0.5) is 4.79 Å². The number of rotatable bonds is 5. The Balaban J connectivity index is 4.57. The number of carbonyl (C=O) groups excluding carboxylic acids is 1. The minimum absolute atomic E-state index is 0.0175. The normalized spacial score (nSPS) is 13.3. The molecule has 5 heteroatoms. The minimum Gasteiger partial charge on any atom is -0.481 e. The van der Waals surface area contributed by atoms with Crippen molar-refractivity contribution in [3.63, 3.8) is 0 Å². The van der Waals surface area contributed by atoms with E-state index in [1.54, 1.807) is 4.90 Å². The average Bonchev–Trinajstić information content (AvgIpc) is 2.09. The monoisotopic (exact) mass is 259 g/mol. The van der Waals surface area contributed by atoms with Gasteiger partial charge < -0.3 is 14.7 Å². The fourth-order valence-corrected chi connectivity index (χ4v) is 1.52. The number of ether oxygens (including phenoxy) is 1. The van der Waals surface area contributed by atoms with Gasteiger partial charge in [0.15, 0.2) is 0 Å². The molecule has 0 aromatic heterocycles. The highest BCUT2D eigenvalue weighted by Gasteiger charge is 2.25. The van der Waals surface area contributed by atoms with E-state index in [4.69, 9.17) is 9.84 Å². The lowest BCUT2D eigenvalue weighted by Crippen LogP contribution is -2.43. The number of hydrogen-bond donors (Lipinski definition) is 1. The maximum absolute atomic E-state index is 12.0. The smallest absolute Gasteiger partial charge is 0.410 e. The van der Waals surface area contributed by atoms with Crippen LogP contribution in [-0.4, -0.2) is 40.3 Å². The highest BCUT2D eigenvalue weighted by atomic mass is 16.6. The predicted molar refractivity (Wildman–Crippen MR) is 69.5 cm³/mol. The summed E-state index contributed by atoms with van der Waals surface area (Å²) >= 11 is 0. The Kier molecular flexibility index (Phi) is 6.15. The molecule has 0 aromatic carbocycles. The van der Waals surface area contributed by atoms with E-state index >= 15 is 0 Å². The highest BCUT2D eigenvalue weighted by molar-refractivity contribution is 5.69. The van der Waals surface area contributed by atoms with Gasteiger partial charge in [0, 0.05) is 19.0 Å². The summed E-state index contributed by atoms with van der Waals surface area (Å²) in [5.41, 5.74) is -0.541. The molecule has 1 unspecified atom stereocenters. The van der Waals surface area contributed by atoms with Crippen molar-refractivity contribution in [3.05, 3.63) is 0 Å². The standard InChI is InChI=1S/C13H25NO4/c1-9(2)14(8-10(3)7-11(15)16)12(17)18-13(4,5)6/h9-10H,7-8H2,1-6H3,(H,15,16). The molecule has 0 aliphatic rings. The van der Waals surface area contributed by atoms with Crippen LogP contribution in [0.15, 0.2) is 0 Å². The molecule has 0 spiro atoms. The molecule has 1 atom stereocenters. The summed E-state index contributed by atoms with van der Waals surface area (Å²) in [6, 6.07) is -0.0175. The Morgan fingerprint density at radius 2 is 1.72 bits per heavy atom. The molecule has 0 bridgehead atoms. The molecule has 0 radical (unpaired) electrons. The van der Waals surface area contributed by atoms with Crippen LogP contribution in [0.5, 0.6) is 0 Å². The van der Waals surface area contributed by atoms with Crippen molar-refractivity contribution < 1.29 is 19.4 Å². The Morgan fingerprint density at radius 3 is 2.06 bits per heavy atom. The average molecular weight is 259 g/mol. The zero-order valence-corrected chi connectivity index (χ0v) is 12.2. The number of aliphatic carboxylic acids is 1. The lowest BCUT2D eigenvalue weighted by Gasteiger charge is -2.31. The first-order valence-electron chi connectivity index (χ1n) is 6.24. The van der Waals surface area contributed by atoms with Crippen LogP contribution in [0.3, 0.4) is 0 Å². The highest BCUT2D eigenvalue weighted by Crippen LogP contribution is 2.14. The van der Waals surface area contributed by atoms with Crippen LogP contribution in [0.2, 0.25) is 0 Å². The van der Waals surface area contributed by atoms with Crippen LogP contribution < -0.4 is 0 Å². The van der Waals surface area contributed by atoms with Gasteiger partial charge in [-0.15, -0.1) is 0 Å². The fourth-order valence-electron chi connectivity index (χ4n) is 1.52. The quantitative estimate of drug-likeness (QED) is 0.824. The van der Waals surface area contributed by atoms with Gasteiger partial charge in [0.25, 0.3) is 0 Å². The molecular weight excluding hydrogens is 234 g/mol. The molecule has 0 rings (SSSR count). The Hall–Kier alpha value is -1.26. The Bertz CT molecular complexity index is 294. The largest absolute Gasteiger partial charge is 0.481 e. The van der Waals surface area contributed by atoms with Crippen molar-refractivity contribution in [1.82, 2.24) is 4.90 Å². The van der Waals surface area contributed by atoms with Crippen molar-refractivity contribution in [3.8, 4) is 0 Å². The van der Waals surface area contributed by atoms with Gasteiger partial charge in [0.2, 0.25) is 0 Å². The number of amides is 1. The zero-order valence-electron chi connectivity index (χ0n) is 12.2. The van der Waals surface area contributed by atoms with E-state index in [9.17, 15) is 9.59 Å². The van der Waals surface area contributed by atoms with Crippen molar-refractivity contribution in [2.45, 2.75) is 59.6 Å². The van der Waals surface area contributed by atoms with Crippen LogP contribution >= 0.6 is 0 Å². The van der Waals surface area contributed by atoms with Gasteiger partial charge in [-0.2, -0.15) is 0 Å². The molecule has 0 saturated heterocycles. The lowest BCUT2D eigenvalue weighted by molar-refractivity contribution is -0.138. The molecule has 18 heavy (non-hydrogen) atoms. The number of nitrogens with zero attached hydrogens (tertiary/aromatic N) is 1. The molecule has 0 aromatic rings. The molecule has 1 N–H and O–H groups in total. The lowest BCUT2D eigenvalue weighted by atomic mass is 10.1. The number of hydrogen-bond acceptors (Lipinski definition) is 3. The summed E-state index contributed by atoms with van der Waals surface area (Å²) in [5.74, 6) is -0.951. The number of carboxylic acid groups (broad SMARTS) is 1. The summed E-state index contributed by atoms with van der Waals surface area (Å²) in [6.07, 6.45) is -0.346. The minimum atomic E-state index is -0.851. The Labute approximate surface area is 109 Å². The van der Waals surface area contributed by atoms with Gasteiger partial charge in [-0.3, -0.25) is 4.79 Å². The van der Waals surface area contributed by atoms with Crippen molar-refractivity contribution in [2.75, 3.05) is 6.54 Å². The number of carbonyl (C=O) groups is 2. The topological polar surface area (TPSA) is 66.8 Å². The first kappa shape index (κ1) is 16.7. The van der Waals surface area contributed by atoms with Gasteiger partial charge in [-0.1, -0.05) is 6.92 Å². The molecule has 0 heterocycles. The van der Waals surface area contributed by atoms with Gasteiger partial charge in [-0.25, -0.2) is 4.79 Å². The van der Waals surface area contributed by atoms with Crippen molar-refractivity contribution in [1.29, 1.82) is 0 Å². The molecule has 0 aliphatic heterocycles. The van der Waals surface area contributed by atoms with E-state index in [2.05, 4.69) is 0 Å². The zero-order chi connectivity index (χ0) is 14.5. The molecule has 0 aliphatic carbocycles. The van der Waals surface area contributed by atoms with Gasteiger partial charge in [0.1, 0.15) is 5.60 Å². The van der Waals surface area contributed by atoms with E-state index in [1.165, 1.54) is 0 Å². The van der Waals surface area contributed by atoms with E-state index in [0.717, 1.165) is 0 Å². The molecule has 0 saturated carbocycles. The van der Waals surface area contributed by atoms with Gasteiger partial charge in [-0.05, 0) is 40.5 Å². The molecule has 1 amide bonds. The SMILES string of the molecule is CC(CC(=O)O)CN(C(=O)OC(C)(C)C)C(C)C. The molecule has 0 fully saturated rings. The van der Waals surface area contributed by atoms with Gasteiger partial charge >= 0.3 is 12.1 Å². The number of carboxylic acids is 1. The first-order chi connectivity index (χ1) is 8.03. The van der Waals surface area contributed by atoms with E-state index in [1.807, 2.05) is 41.5 Å². The fraction of sp³-hybridized carbons (Fsp3) is 0.846. The second kappa shape index (κ2) is 6.61. The Morgan fingerprint density at radius 1 is 1.22 bits per heavy atom. The van der Waals surface area contributed by atoms with E-state index < -0.39 is 17.7 Å². The summed E-state index contributed by atoms with van der Waals surface area (Å²) in [6.45, 7) is 11.4. The van der Waals surface area contributed by atoms with Crippen LogP contribution in [0.25, 0.3) is 0 Å². The predicted octanol–water partition coefficient (Wildman–Crippen LogP) is 2.74. The van der Waals surface area contributed by atoms with E-state index in [0.29, 0.717) is 6.54 Å². The second-order valence-corrected chi connectivity index (χ2v) is 5.93. The summed E-state index contributed by atoms with van der Waals surface area (Å²) in [7, 11) is 0. The third kappa shape index (κ3) is 7.14. The van der Waals surface area contributed by atoms with Gasteiger partial charge in [0.05, 0.1) is 0 Å².